The van der Waals surface area contributed by atoms with Crippen LogP contribution in [0.25, 0.3) is 5.65 Å². The molecular weight excluding hydrogens is 533 g/mol. The predicted octanol–water partition coefficient (Wildman–Crippen LogP) is 3.76. The Kier molecular flexibility index (Phi) is 6.88. The number of methoxy groups -OCH3 is 1. The number of aromatic nitrogens is 5. The van der Waals surface area contributed by atoms with Crippen LogP contribution in [0.3, 0.4) is 0 Å². The van der Waals surface area contributed by atoms with Crippen molar-refractivity contribution in [2.24, 2.45) is 5.92 Å². The van der Waals surface area contributed by atoms with Crippen LogP contribution in [0.15, 0.2) is 23.1 Å². The summed E-state index contributed by atoms with van der Waals surface area (Å²) in [6.45, 7) is -0.660. The molecule has 1 N–H and O–H groups in total. The highest BCUT2D eigenvalue weighted by atomic mass is 19.4. The minimum Gasteiger partial charge on any atom is -0.477 e. The molecule has 1 saturated heterocycles. The first kappa shape index (κ1) is 26.7. The second-order valence-electron chi connectivity index (χ2n) is 9.81. The molecule has 0 radical (unpaired) electrons. The van der Waals surface area contributed by atoms with E-state index in [9.17, 15) is 31.5 Å². The fourth-order valence-electron chi connectivity index (χ4n) is 5.09. The quantitative estimate of drug-likeness (QED) is 0.328. The lowest BCUT2D eigenvalue weighted by Crippen LogP contribution is -2.40. The van der Waals surface area contributed by atoms with Crippen LogP contribution in [0.5, 0.6) is 5.88 Å². The van der Waals surface area contributed by atoms with Gasteiger partial charge in [0, 0.05) is 31.7 Å². The predicted molar refractivity (Wildman–Crippen MR) is 121 cm³/mol. The molecule has 210 valence electrons. The van der Waals surface area contributed by atoms with Crippen molar-refractivity contribution in [2.75, 3.05) is 13.7 Å². The van der Waals surface area contributed by atoms with Gasteiger partial charge in [-0.15, -0.1) is 0 Å². The number of fused-ring (bicyclic) bond motifs is 1. The van der Waals surface area contributed by atoms with E-state index < -0.39 is 42.4 Å². The summed E-state index contributed by atoms with van der Waals surface area (Å²) in [7, 11) is 1.30. The smallest absolute Gasteiger partial charge is 0.410 e. The van der Waals surface area contributed by atoms with E-state index in [1.54, 1.807) is 12.3 Å². The Bertz CT molecular complexity index is 1360. The Morgan fingerprint density at radius 1 is 1.28 bits per heavy atom. The van der Waals surface area contributed by atoms with Crippen LogP contribution in [-0.4, -0.2) is 73.4 Å². The number of hydrogen-bond acceptors (Lipinski definition) is 8. The van der Waals surface area contributed by atoms with Gasteiger partial charge in [0.25, 0.3) is 5.88 Å². The highest BCUT2D eigenvalue weighted by Gasteiger charge is 2.47. The van der Waals surface area contributed by atoms with Crippen molar-refractivity contribution in [3.8, 4) is 5.88 Å². The van der Waals surface area contributed by atoms with Crippen molar-refractivity contribution >= 4 is 17.5 Å². The molecular formula is C23H24F5N7O4. The van der Waals surface area contributed by atoms with E-state index in [0.717, 1.165) is 4.90 Å². The van der Waals surface area contributed by atoms with Gasteiger partial charge in [-0.25, -0.2) is 27.7 Å². The van der Waals surface area contributed by atoms with Crippen LogP contribution in [0.2, 0.25) is 0 Å². The van der Waals surface area contributed by atoms with E-state index in [1.807, 2.05) is 5.32 Å². The lowest BCUT2D eigenvalue weighted by molar-refractivity contribution is -0.149. The number of nitrogens with zero attached hydrogens (tertiary/aromatic N) is 6. The fraction of sp³-hybridized carbons (Fsp3) is 0.565. The summed E-state index contributed by atoms with van der Waals surface area (Å²) in [6, 6.07) is -1.23. The monoisotopic (exact) mass is 557 g/mol. The molecule has 1 aliphatic carbocycles. The first-order valence-corrected chi connectivity index (χ1v) is 12.2. The summed E-state index contributed by atoms with van der Waals surface area (Å²) in [5.74, 6) is -4.16. The van der Waals surface area contributed by atoms with Gasteiger partial charge in [0.1, 0.15) is 6.04 Å². The second-order valence-corrected chi connectivity index (χ2v) is 9.81. The van der Waals surface area contributed by atoms with Crippen LogP contribution < -0.4 is 10.1 Å². The van der Waals surface area contributed by atoms with E-state index in [4.69, 9.17) is 4.74 Å². The molecule has 3 aromatic heterocycles. The number of Topliss-reactive ketones (excluding diaryl/α,β-unsaturated/α-hetero) is 1. The van der Waals surface area contributed by atoms with E-state index in [2.05, 4.69) is 25.0 Å². The third-order valence-corrected chi connectivity index (χ3v) is 7.18. The number of amides is 2. The van der Waals surface area contributed by atoms with Crippen LogP contribution in [0, 0.1) is 5.92 Å². The van der Waals surface area contributed by atoms with Crippen molar-refractivity contribution in [1.82, 2.24) is 35.1 Å². The SMILES string of the molecule is COc1nonc1C(=O)C[C@H](c1cn2ncc(CN3C[C@@H](C(F)(F)F)NC3=O)cc2n1)C1CCC(F)(F)CC1. The molecule has 0 aromatic carbocycles. The number of nitrogens with one attached hydrogen (secondary N) is 1. The number of hydrogen-bond donors (Lipinski definition) is 1. The Balaban J connectivity index is 1.39. The number of halogens is 5. The number of carbonyl (C=O) groups is 2. The standard InChI is InChI=1S/C23H24F5N7O4/c1-38-20-19(32-39-33-20)16(36)7-14(13-2-4-22(24,25)5-3-13)15-10-35-18(30-15)6-12(8-29-35)9-34-11-17(23(26,27)28)31-21(34)37/h6,8,10,13-14,17H,2-5,7,9,11H2,1H3,(H,31,37)/t14-,17-/m0/s1. The van der Waals surface area contributed by atoms with E-state index in [-0.39, 0.29) is 56.1 Å². The van der Waals surface area contributed by atoms with Gasteiger partial charge in [-0.05, 0) is 40.7 Å². The highest BCUT2D eigenvalue weighted by molar-refractivity contribution is 5.96. The van der Waals surface area contributed by atoms with Crippen molar-refractivity contribution < 1.29 is 40.9 Å². The Morgan fingerprint density at radius 2 is 2.03 bits per heavy atom. The van der Waals surface area contributed by atoms with Crippen molar-refractivity contribution in [3.05, 3.63) is 35.4 Å². The molecule has 2 aliphatic rings. The van der Waals surface area contributed by atoms with Crippen LogP contribution in [0.1, 0.15) is 59.8 Å². The van der Waals surface area contributed by atoms with E-state index in [0.29, 0.717) is 16.9 Å². The van der Waals surface area contributed by atoms with E-state index in [1.165, 1.54) is 17.8 Å². The summed E-state index contributed by atoms with van der Waals surface area (Å²) in [5, 5.41) is 13.3. The van der Waals surface area contributed by atoms with Gasteiger partial charge in [-0.3, -0.25) is 4.79 Å². The summed E-state index contributed by atoms with van der Waals surface area (Å²) < 4.78 is 77.8. The molecule has 5 rings (SSSR count). The van der Waals surface area contributed by atoms with Gasteiger partial charge in [0.05, 0.1) is 31.7 Å². The first-order valence-electron chi connectivity index (χ1n) is 12.2. The number of ether oxygens (including phenoxy) is 1. The Labute approximate surface area is 217 Å². The molecule has 1 saturated carbocycles. The number of carbonyl (C=O) groups excluding carboxylic acids is 2. The molecule has 1 aliphatic heterocycles. The maximum absolute atomic E-state index is 13.9. The summed E-state index contributed by atoms with van der Waals surface area (Å²) >= 11 is 0. The summed E-state index contributed by atoms with van der Waals surface area (Å²) in [6.07, 6.45) is -1.97. The maximum Gasteiger partial charge on any atom is 0.410 e. The van der Waals surface area contributed by atoms with Crippen molar-refractivity contribution in [1.29, 1.82) is 0 Å². The molecule has 0 bridgehead atoms. The molecule has 0 spiro atoms. The molecule has 4 heterocycles. The Hall–Kier alpha value is -3.85. The van der Waals surface area contributed by atoms with E-state index >= 15 is 0 Å². The molecule has 16 heteroatoms. The zero-order chi connectivity index (χ0) is 27.9. The number of urea groups is 1. The third kappa shape index (κ3) is 5.63. The minimum atomic E-state index is -4.56. The number of ketones is 1. The minimum absolute atomic E-state index is 0.0889. The molecule has 2 fully saturated rings. The molecule has 3 aromatic rings. The van der Waals surface area contributed by atoms with Crippen LogP contribution in [-0.2, 0) is 6.54 Å². The summed E-state index contributed by atoms with van der Waals surface area (Å²) in [5.41, 5.74) is 1.10. The first-order chi connectivity index (χ1) is 18.4. The molecule has 0 unspecified atom stereocenters. The van der Waals surface area contributed by atoms with Crippen molar-refractivity contribution in [3.63, 3.8) is 0 Å². The van der Waals surface area contributed by atoms with Crippen LogP contribution >= 0.6 is 0 Å². The van der Waals surface area contributed by atoms with Gasteiger partial charge in [0.15, 0.2) is 11.4 Å². The number of imidazole rings is 1. The van der Waals surface area contributed by atoms with Crippen molar-refractivity contribution in [2.45, 2.75) is 62.7 Å². The Morgan fingerprint density at radius 3 is 2.69 bits per heavy atom. The largest absolute Gasteiger partial charge is 0.477 e. The molecule has 39 heavy (non-hydrogen) atoms. The number of alkyl halides is 5. The average Bonchev–Trinajstić information content (AvgIpc) is 3.60. The topological polar surface area (TPSA) is 128 Å². The van der Waals surface area contributed by atoms with Gasteiger partial charge in [0.2, 0.25) is 11.6 Å². The van der Waals surface area contributed by atoms with Gasteiger partial charge in [-0.1, -0.05) is 0 Å². The van der Waals surface area contributed by atoms with Gasteiger partial charge in [-0.2, -0.15) is 18.3 Å². The van der Waals surface area contributed by atoms with Gasteiger partial charge < -0.3 is 15.0 Å². The zero-order valence-electron chi connectivity index (χ0n) is 20.6. The normalized spacial score (nSPS) is 20.8. The fourth-order valence-corrected chi connectivity index (χ4v) is 5.09. The highest BCUT2D eigenvalue weighted by Crippen LogP contribution is 2.44. The number of rotatable bonds is 8. The van der Waals surface area contributed by atoms with Gasteiger partial charge >= 0.3 is 12.2 Å². The molecule has 11 nitrogen and oxygen atoms in total. The molecule has 2 atom stereocenters. The lowest BCUT2D eigenvalue weighted by Gasteiger charge is -2.32. The lowest BCUT2D eigenvalue weighted by atomic mass is 9.75. The molecule has 2 amide bonds. The maximum atomic E-state index is 13.9. The summed E-state index contributed by atoms with van der Waals surface area (Å²) in [4.78, 5) is 30.7. The average molecular weight is 557 g/mol. The second kappa shape index (κ2) is 10.0. The third-order valence-electron chi connectivity index (χ3n) is 7.18. The van der Waals surface area contributed by atoms with Crippen LogP contribution in [0.4, 0.5) is 26.7 Å². The zero-order valence-corrected chi connectivity index (χ0v) is 20.6.